The normalized spacial score (nSPS) is 19.5. The Labute approximate surface area is 118 Å². The van der Waals surface area contributed by atoms with E-state index >= 15 is 0 Å². The second kappa shape index (κ2) is 7.13. The Kier molecular flexibility index (Phi) is 6.11. The molecule has 1 aliphatic carbocycles. The molecule has 0 fully saturated rings. The maximum absolute atomic E-state index is 12.0. The smallest absolute Gasteiger partial charge is 0.409 e. The van der Waals surface area contributed by atoms with Gasteiger partial charge in [-0.3, -0.25) is 4.79 Å². The highest BCUT2D eigenvalue weighted by atomic mass is 35.7. The summed E-state index contributed by atoms with van der Waals surface area (Å²) < 4.78 is 22.2. The first-order valence-corrected chi connectivity index (χ1v) is 8.67. The summed E-state index contributed by atoms with van der Waals surface area (Å²) >= 11 is 5.78. The Morgan fingerprint density at radius 1 is 1.42 bits per heavy atom. The van der Waals surface area contributed by atoms with Crippen molar-refractivity contribution in [1.82, 2.24) is 5.09 Å². The topological polar surface area (TPSA) is 64.6 Å². The van der Waals surface area contributed by atoms with E-state index in [9.17, 15) is 9.36 Å². The molecule has 2 atom stereocenters. The molecule has 0 amide bonds. The minimum atomic E-state index is -3.61. The summed E-state index contributed by atoms with van der Waals surface area (Å²) in [6.07, 6.45) is 6.90. The van der Waals surface area contributed by atoms with Gasteiger partial charge in [-0.25, -0.2) is 9.65 Å². The SMILES string of the molecule is CC(C)OC(=O)C(C)NP(=O)(Cl)OC1=CCCC=C1. The van der Waals surface area contributed by atoms with Gasteiger partial charge in [0.25, 0.3) is 0 Å². The van der Waals surface area contributed by atoms with Crippen molar-refractivity contribution in [2.75, 3.05) is 0 Å². The molecular formula is C12H19ClNO4P. The molecule has 0 saturated heterocycles. The van der Waals surface area contributed by atoms with Gasteiger partial charge >= 0.3 is 12.8 Å². The second-order valence-electron chi connectivity index (χ2n) is 4.49. The van der Waals surface area contributed by atoms with Crippen molar-refractivity contribution >= 4 is 24.1 Å². The molecule has 0 aromatic rings. The first kappa shape index (κ1) is 16.3. The molecule has 1 N–H and O–H groups in total. The zero-order chi connectivity index (χ0) is 14.5. The molecule has 0 aromatic carbocycles. The average molecular weight is 308 g/mol. The molecular weight excluding hydrogens is 289 g/mol. The molecule has 1 aliphatic rings. The van der Waals surface area contributed by atoms with Gasteiger partial charge in [0, 0.05) is 11.2 Å². The van der Waals surface area contributed by atoms with Crippen LogP contribution in [0.3, 0.4) is 0 Å². The van der Waals surface area contributed by atoms with Crippen LogP contribution >= 0.6 is 18.1 Å². The lowest BCUT2D eigenvalue weighted by molar-refractivity contribution is -0.149. The van der Waals surface area contributed by atoms with E-state index in [-0.39, 0.29) is 6.10 Å². The monoisotopic (exact) mass is 307 g/mol. The number of esters is 1. The molecule has 0 spiro atoms. The molecule has 2 unspecified atom stereocenters. The van der Waals surface area contributed by atoms with Crippen molar-refractivity contribution in [3.63, 3.8) is 0 Å². The predicted molar refractivity (Wildman–Crippen MR) is 74.8 cm³/mol. The number of hydrogen-bond donors (Lipinski definition) is 1. The molecule has 108 valence electrons. The van der Waals surface area contributed by atoms with Crippen LogP contribution in [0.1, 0.15) is 33.6 Å². The zero-order valence-electron chi connectivity index (χ0n) is 11.3. The lowest BCUT2D eigenvalue weighted by Crippen LogP contribution is -2.34. The third kappa shape index (κ3) is 6.28. The minimum absolute atomic E-state index is 0.239. The molecule has 1 rings (SSSR count). The van der Waals surface area contributed by atoms with E-state index < -0.39 is 18.9 Å². The van der Waals surface area contributed by atoms with E-state index in [0.29, 0.717) is 5.76 Å². The lowest BCUT2D eigenvalue weighted by Gasteiger charge is -2.20. The van der Waals surface area contributed by atoms with Gasteiger partial charge < -0.3 is 9.26 Å². The molecule has 0 saturated carbocycles. The number of carbonyl (C=O) groups is 1. The highest BCUT2D eigenvalue weighted by Gasteiger charge is 2.28. The summed E-state index contributed by atoms with van der Waals surface area (Å²) in [6, 6.07) is -0.807. The van der Waals surface area contributed by atoms with Crippen molar-refractivity contribution < 1.29 is 18.6 Å². The van der Waals surface area contributed by atoms with Crippen LogP contribution < -0.4 is 5.09 Å². The Morgan fingerprint density at radius 2 is 2.11 bits per heavy atom. The maximum Gasteiger partial charge on any atom is 0.409 e. The fourth-order valence-corrected chi connectivity index (χ4v) is 3.14. The highest BCUT2D eigenvalue weighted by Crippen LogP contribution is 2.51. The van der Waals surface area contributed by atoms with Gasteiger partial charge in [0.05, 0.1) is 6.10 Å². The standard InChI is InChI=1S/C12H19ClNO4P/c1-9(2)17-12(15)10(3)14-19(13,16)18-11-7-5-4-6-8-11/h5,7-10H,4,6H2,1-3H3,(H,14,16). The number of rotatable bonds is 6. The summed E-state index contributed by atoms with van der Waals surface area (Å²) in [6.45, 7) is 1.38. The molecule has 0 radical (unpaired) electrons. The van der Waals surface area contributed by atoms with Crippen molar-refractivity contribution in [2.45, 2.75) is 45.8 Å². The van der Waals surface area contributed by atoms with Crippen LogP contribution in [-0.4, -0.2) is 18.1 Å². The number of nitrogens with one attached hydrogen (secondary N) is 1. The van der Waals surface area contributed by atoms with Crippen LogP contribution in [0.2, 0.25) is 0 Å². The van der Waals surface area contributed by atoms with E-state index in [0.717, 1.165) is 12.8 Å². The molecule has 5 nitrogen and oxygen atoms in total. The largest absolute Gasteiger partial charge is 0.462 e. The molecule has 0 heterocycles. The van der Waals surface area contributed by atoms with Gasteiger partial charge in [0.2, 0.25) is 0 Å². The van der Waals surface area contributed by atoms with Gasteiger partial charge in [-0.1, -0.05) is 6.08 Å². The van der Waals surface area contributed by atoms with E-state index in [4.69, 9.17) is 20.5 Å². The Bertz CT molecular complexity index is 433. The Morgan fingerprint density at radius 3 is 2.63 bits per heavy atom. The van der Waals surface area contributed by atoms with Crippen molar-refractivity contribution in [2.24, 2.45) is 0 Å². The Balaban J connectivity index is 2.53. The van der Waals surface area contributed by atoms with E-state index in [1.807, 2.05) is 6.08 Å². The van der Waals surface area contributed by atoms with Gasteiger partial charge in [0.15, 0.2) is 0 Å². The van der Waals surface area contributed by atoms with Crippen molar-refractivity contribution in [3.8, 4) is 0 Å². The van der Waals surface area contributed by atoms with Crippen molar-refractivity contribution in [3.05, 3.63) is 24.0 Å². The van der Waals surface area contributed by atoms with Gasteiger partial charge in [-0.2, -0.15) is 0 Å². The summed E-state index contributed by atoms with van der Waals surface area (Å²) in [5.41, 5.74) is 0. The third-order valence-electron chi connectivity index (χ3n) is 2.24. The molecule has 7 heteroatoms. The molecule has 0 bridgehead atoms. The van der Waals surface area contributed by atoms with Crippen LogP contribution in [0.5, 0.6) is 0 Å². The predicted octanol–water partition coefficient (Wildman–Crippen LogP) is 3.51. The third-order valence-corrected chi connectivity index (χ3v) is 3.88. The van der Waals surface area contributed by atoms with E-state index in [1.165, 1.54) is 6.92 Å². The second-order valence-corrected chi connectivity index (χ2v) is 7.23. The first-order chi connectivity index (χ1) is 8.80. The average Bonchev–Trinajstić information content (AvgIpc) is 2.27. The summed E-state index contributed by atoms with van der Waals surface area (Å²) in [5, 5.41) is 2.46. The number of carbonyl (C=O) groups excluding carboxylic acids is 1. The zero-order valence-corrected chi connectivity index (χ0v) is 12.9. The number of halogens is 1. The molecule has 19 heavy (non-hydrogen) atoms. The van der Waals surface area contributed by atoms with Gasteiger partial charge in [0.1, 0.15) is 11.8 Å². The fraction of sp³-hybridized carbons (Fsp3) is 0.583. The highest BCUT2D eigenvalue weighted by molar-refractivity contribution is 7.83. The quantitative estimate of drug-likeness (QED) is 0.601. The van der Waals surface area contributed by atoms with Crippen LogP contribution in [0.15, 0.2) is 24.0 Å². The van der Waals surface area contributed by atoms with Gasteiger partial charge in [-0.05, 0) is 45.8 Å². The van der Waals surface area contributed by atoms with Crippen LogP contribution in [0.25, 0.3) is 0 Å². The molecule has 0 aliphatic heterocycles. The Hall–Kier alpha value is -0.770. The molecule has 0 aromatic heterocycles. The summed E-state index contributed by atoms with van der Waals surface area (Å²) in [4.78, 5) is 11.6. The van der Waals surface area contributed by atoms with Crippen molar-refractivity contribution in [1.29, 1.82) is 0 Å². The van der Waals surface area contributed by atoms with Gasteiger partial charge in [-0.15, -0.1) is 0 Å². The summed E-state index contributed by atoms with van der Waals surface area (Å²) in [5.74, 6) is -0.0749. The van der Waals surface area contributed by atoms with E-state index in [1.54, 1.807) is 26.0 Å². The van der Waals surface area contributed by atoms with Crippen LogP contribution in [-0.2, 0) is 18.6 Å². The fourth-order valence-electron chi connectivity index (χ4n) is 1.44. The van der Waals surface area contributed by atoms with Crippen LogP contribution in [0, 0.1) is 0 Å². The first-order valence-electron chi connectivity index (χ1n) is 6.14. The van der Waals surface area contributed by atoms with Crippen LogP contribution in [0.4, 0.5) is 0 Å². The summed E-state index contributed by atoms with van der Waals surface area (Å²) in [7, 11) is 0. The number of allylic oxidation sites excluding steroid dienone is 3. The number of ether oxygens (including phenoxy) is 1. The maximum atomic E-state index is 12.0. The number of hydrogen-bond acceptors (Lipinski definition) is 4. The minimum Gasteiger partial charge on any atom is -0.462 e. The van der Waals surface area contributed by atoms with E-state index in [2.05, 4.69) is 5.09 Å². The lowest BCUT2D eigenvalue weighted by atomic mass is 10.2.